The highest BCUT2D eigenvalue weighted by atomic mass is 19.1. The van der Waals surface area contributed by atoms with Crippen LogP contribution in [-0.4, -0.2) is 46.2 Å². The summed E-state index contributed by atoms with van der Waals surface area (Å²) in [5, 5.41) is 6.96. The highest BCUT2D eigenvalue weighted by Gasteiger charge is 2.16. The molecule has 2 aromatic carbocycles. The van der Waals surface area contributed by atoms with E-state index in [2.05, 4.69) is 15.4 Å². The Morgan fingerprint density at radius 2 is 2.00 bits per heavy atom. The van der Waals surface area contributed by atoms with E-state index in [4.69, 9.17) is 0 Å². The number of nitrogens with one attached hydrogen (secondary N) is 1. The van der Waals surface area contributed by atoms with Crippen LogP contribution in [0.4, 0.5) is 4.39 Å². The second kappa shape index (κ2) is 7.88. The molecule has 0 saturated carbocycles. The molecule has 0 fully saturated rings. The molecular weight excluding hydrogens is 333 g/mol. The fraction of sp³-hybridized carbons (Fsp3) is 0.211. The van der Waals surface area contributed by atoms with Gasteiger partial charge in [0.25, 0.3) is 5.91 Å². The highest BCUT2D eigenvalue weighted by Crippen LogP contribution is 2.18. The Balaban J connectivity index is 1.67. The summed E-state index contributed by atoms with van der Waals surface area (Å²) in [5.41, 5.74) is 2.19. The van der Waals surface area contributed by atoms with Crippen molar-refractivity contribution in [3.63, 3.8) is 0 Å². The lowest BCUT2D eigenvalue weighted by molar-refractivity contribution is 0.0942. The molecule has 1 aromatic heterocycles. The van der Waals surface area contributed by atoms with Gasteiger partial charge in [-0.1, -0.05) is 12.1 Å². The lowest BCUT2D eigenvalue weighted by atomic mass is 10.1. The molecule has 26 heavy (non-hydrogen) atoms. The summed E-state index contributed by atoms with van der Waals surface area (Å²) in [7, 11) is 3.79. The number of hydrogen-bond donors (Lipinski definition) is 1. The van der Waals surface area contributed by atoms with Crippen molar-refractivity contribution in [2.24, 2.45) is 0 Å². The normalized spacial score (nSPS) is 12.2. The van der Waals surface area contributed by atoms with Crippen LogP contribution in [0.15, 0.2) is 61.2 Å². The second-order valence-electron chi connectivity index (χ2n) is 6.13. The van der Waals surface area contributed by atoms with Crippen molar-refractivity contribution < 1.29 is 9.18 Å². The van der Waals surface area contributed by atoms with Gasteiger partial charge >= 0.3 is 0 Å². The SMILES string of the molecule is CN(C)C(CNC(=O)c1ccc(-n2cncn2)cc1)c1cccc(F)c1. The molecule has 6 nitrogen and oxygen atoms in total. The molecule has 1 N–H and O–H groups in total. The highest BCUT2D eigenvalue weighted by molar-refractivity contribution is 5.94. The first-order valence-corrected chi connectivity index (χ1v) is 8.20. The fourth-order valence-electron chi connectivity index (χ4n) is 2.71. The number of hydrogen-bond acceptors (Lipinski definition) is 4. The van der Waals surface area contributed by atoms with E-state index in [1.807, 2.05) is 25.1 Å². The maximum Gasteiger partial charge on any atom is 0.251 e. The topological polar surface area (TPSA) is 63.1 Å². The Morgan fingerprint density at radius 1 is 1.23 bits per heavy atom. The monoisotopic (exact) mass is 353 g/mol. The van der Waals surface area contributed by atoms with Crippen LogP contribution < -0.4 is 5.32 Å². The van der Waals surface area contributed by atoms with Gasteiger partial charge in [-0.3, -0.25) is 4.79 Å². The molecule has 1 atom stereocenters. The Kier molecular flexibility index (Phi) is 5.38. The minimum Gasteiger partial charge on any atom is -0.350 e. The summed E-state index contributed by atoms with van der Waals surface area (Å²) in [6.45, 7) is 0.375. The average Bonchev–Trinajstić information content (AvgIpc) is 3.16. The number of nitrogens with zero attached hydrogens (tertiary/aromatic N) is 4. The van der Waals surface area contributed by atoms with Gasteiger partial charge in [0, 0.05) is 12.1 Å². The molecule has 1 unspecified atom stereocenters. The van der Waals surface area contributed by atoms with Crippen molar-refractivity contribution in [3.05, 3.63) is 78.1 Å². The maximum absolute atomic E-state index is 13.5. The number of carbonyl (C=O) groups excluding carboxylic acids is 1. The van der Waals surface area contributed by atoms with Gasteiger partial charge < -0.3 is 10.2 Å². The lowest BCUT2D eigenvalue weighted by Crippen LogP contribution is -2.34. The third-order valence-electron chi connectivity index (χ3n) is 4.13. The third-order valence-corrected chi connectivity index (χ3v) is 4.13. The quantitative estimate of drug-likeness (QED) is 0.739. The second-order valence-corrected chi connectivity index (χ2v) is 6.13. The van der Waals surface area contributed by atoms with Crippen molar-refractivity contribution in [1.82, 2.24) is 25.0 Å². The van der Waals surface area contributed by atoms with Crippen molar-refractivity contribution >= 4 is 5.91 Å². The van der Waals surface area contributed by atoms with Crippen LogP contribution in [0.1, 0.15) is 22.0 Å². The van der Waals surface area contributed by atoms with Gasteiger partial charge in [-0.2, -0.15) is 5.10 Å². The van der Waals surface area contributed by atoms with Gasteiger partial charge in [-0.25, -0.2) is 14.1 Å². The van der Waals surface area contributed by atoms with Crippen LogP contribution in [-0.2, 0) is 0 Å². The van der Waals surface area contributed by atoms with Gasteiger partial charge in [0.05, 0.1) is 11.7 Å². The summed E-state index contributed by atoms with van der Waals surface area (Å²) < 4.78 is 15.1. The van der Waals surface area contributed by atoms with Crippen molar-refractivity contribution in [2.45, 2.75) is 6.04 Å². The number of amides is 1. The first-order valence-electron chi connectivity index (χ1n) is 8.20. The molecule has 1 amide bonds. The van der Waals surface area contributed by atoms with Crippen LogP contribution >= 0.6 is 0 Å². The van der Waals surface area contributed by atoms with Crippen molar-refractivity contribution in [2.75, 3.05) is 20.6 Å². The molecule has 134 valence electrons. The Labute approximate surface area is 151 Å². The molecule has 7 heteroatoms. The standard InChI is InChI=1S/C19H20FN5O/c1-24(2)18(15-4-3-5-16(20)10-15)11-22-19(26)14-6-8-17(9-7-14)25-13-21-12-23-25/h3-10,12-13,18H,11H2,1-2H3,(H,22,26). The van der Waals surface area contributed by atoms with E-state index in [0.29, 0.717) is 12.1 Å². The van der Waals surface area contributed by atoms with Crippen molar-refractivity contribution in [3.8, 4) is 5.69 Å². The van der Waals surface area contributed by atoms with E-state index in [9.17, 15) is 9.18 Å². The number of likely N-dealkylation sites (N-methyl/N-ethyl adjacent to an activating group) is 1. The van der Waals surface area contributed by atoms with Crippen LogP contribution in [0.5, 0.6) is 0 Å². The largest absolute Gasteiger partial charge is 0.350 e. The predicted molar refractivity (Wildman–Crippen MR) is 96.5 cm³/mol. The molecule has 3 rings (SSSR count). The summed E-state index contributed by atoms with van der Waals surface area (Å²) in [4.78, 5) is 18.3. The Morgan fingerprint density at radius 3 is 2.62 bits per heavy atom. The summed E-state index contributed by atoms with van der Waals surface area (Å²) in [6, 6.07) is 13.4. The first kappa shape index (κ1) is 17.8. The van der Waals surface area contributed by atoms with Gasteiger partial charge in [-0.15, -0.1) is 0 Å². The zero-order chi connectivity index (χ0) is 18.5. The number of benzene rings is 2. The van der Waals surface area contributed by atoms with E-state index in [-0.39, 0.29) is 17.8 Å². The number of aromatic nitrogens is 3. The summed E-state index contributed by atoms with van der Waals surface area (Å²) >= 11 is 0. The van der Waals surface area contributed by atoms with Crippen LogP contribution in [0, 0.1) is 5.82 Å². The van der Waals surface area contributed by atoms with Gasteiger partial charge in [0.1, 0.15) is 18.5 Å². The molecule has 0 spiro atoms. The molecule has 3 aromatic rings. The molecular formula is C19H20FN5O. The summed E-state index contributed by atoms with van der Waals surface area (Å²) in [6.07, 6.45) is 3.05. The number of rotatable bonds is 6. The molecule has 0 aliphatic carbocycles. The fourth-order valence-corrected chi connectivity index (χ4v) is 2.71. The molecule has 0 aliphatic rings. The zero-order valence-corrected chi connectivity index (χ0v) is 14.6. The zero-order valence-electron chi connectivity index (χ0n) is 14.6. The first-order chi connectivity index (χ1) is 12.5. The lowest BCUT2D eigenvalue weighted by Gasteiger charge is -2.25. The number of halogens is 1. The van der Waals surface area contributed by atoms with Crippen LogP contribution in [0.25, 0.3) is 5.69 Å². The molecule has 0 bridgehead atoms. The molecule has 0 aliphatic heterocycles. The minimum atomic E-state index is -0.288. The Hall–Kier alpha value is -3.06. The van der Waals surface area contributed by atoms with E-state index in [0.717, 1.165) is 11.3 Å². The average molecular weight is 353 g/mol. The molecule has 1 heterocycles. The van der Waals surface area contributed by atoms with Gasteiger partial charge in [0.2, 0.25) is 0 Å². The third kappa shape index (κ3) is 4.12. The predicted octanol–water partition coefficient (Wildman–Crippen LogP) is 2.44. The van der Waals surface area contributed by atoms with Crippen molar-refractivity contribution in [1.29, 1.82) is 0 Å². The minimum absolute atomic E-state index is 0.121. The van der Waals surface area contributed by atoms with Crippen LogP contribution in [0.3, 0.4) is 0 Å². The number of carbonyl (C=O) groups is 1. The van der Waals surface area contributed by atoms with E-state index in [1.165, 1.54) is 18.5 Å². The summed E-state index contributed by atoms with van der Waals surface area (Å²) in [5.74, 6) is -0.470. The van der Waals surface area contributed by atoms with E-state index < -0.39 is 0 Å². The van der Waals surface area contributed by atoms with Gasteiger partial charge in [0.15, 0.2) is 0 Å². The van der Waals surface area contributed by atoms with Crippen LogP contribution in [0.2, 0.25) is 0 Å². The van der Waals surface area contributed by atoms with E-state index >= 15 is 0 Å². The smallest absolute Gasteiger partial charge is 0.251 e. The maximum atomic E-state index is 13.5. The molecule has 0 saturated heterocycles. The van der Waals surface area contributed by atoms with E-state index in [1.54, 1.807) is 41.3 Å². The Bertz CT molecular complexity index is 862. The van der Waals surface area contributed by atoms with Gasteiger partial charge in [-0.05, 0) is 56.1 Å². The molecule has 0 radical (unpaired) electrons.